The smallest absolute Gasteiger partial charge is 0.462 e. The van der Waals surface area contributed by atoms with E-state index in [1.54, 1.807) is 12.2 Å². The molecule has 0 spiro atoms. The first-order chi connectivity index (χ1) is 24.7. The molecule has 1 unspecified atom stereocenters. The zero-order valence-electron chi connectivity index (χ0n) is 31.3. The van der Waals surface area contributed by atoms with E-state index in [4.69, 9.17) is 19.3 Å². The van der Waals surface area contributed by atoms with E-state index < -0.39 is 38.6 Å². The fourth-order valence-corrected chi connectivity index (χ4v) is 5.03. The van der Waals surface area contributed by atoms with Crippen molar-refractivity contribution in [3.8, 4) is 0 Å². The van der Waals surface area contributed by atoms with Gasteiger partial charge in [-0.25, -0.2) is 4.57 Å². The maximum atomic E-state index is 12.4. The van der Waals surface area contributed by atoms with Gasteiger partial charge in [-0.05, 0) is 77.0 Å². The molecule has 10 heteroatoms. The summed E-state index contributed by atoms with van der Waals surface area (Å²) in [6.45, 7) is 3.34. The molecule has 0 radical (unpaired) electrons. The van der Waals surface area contributed by atoms with Crippen LogP contribution in [0.15, 0.2) is 85.1 Å². The van der Waals surface area contributed by atoms with Gasteiger partial charge in [0, 0.05) is 12.8 Å². The first kappa shape index (κ1) is 48.2. The molecular weight excluding hydrogens is 667 g/mol. The summed E-state index contributed by atoms with van der Waals surface area (Å²) in [5.41, 5.74) is 0. The van der Waals surface area contributed by atoms with E-state index in [0.29, 0.717) is 19.3 Å². The number of aliphatic hydroxyl groups is 1. The zero-order valence-corrected chi connectivity index (χ0v) is 32.2. The Balaban J connectivity index is 4.23. The van der Waals surface area contributed by atoms with Crippen LogP contribution >= 0.6 is 7.82 Å². The molecule has 0 fully saturated rings. The molecular formula is C41H67O9P. The van der Waals surface area contributed by atoms with Crippen LogP contribution in [0.4, 0.5) is 0 Å². The second kappa shape index (κ2) is 35.6. The first-order valence-electron chi connectivity index (χ1n) is 19.0. The third kappa shape index (κ3) is 38.3. The first-order valence-corrected chi connectivity index (χ1v) is 20.5. The predicted molar refractivity (Wildman–Crippen MR) is 208 cm³/mol. The van der Waals surface area contributed by atoms with Gasteiger partial charge in [-0.3, -0.25) is 14.1 Å². The standard InChI is InChI=1S/C41H67O9P/c1-3-5-7-9-11-13-15-17-18-20-22-24-26-28-30-34-40(43)48-36-39(37-49-51(45,46)47)50-41(44)35-31-33-38(42)32-29-27-25-23-21-19-16-14-12-10-8-6-4-2/h6,8,11-14,17-19,21,25,27,29,32,38-39,42H,3-5,7,9-10,15-16,20,22-24,26,28,30-31,33-37H2,1-2H3,(H2,45,46,47)/b8-6-,13-11-,14-12-,18-17-,21-19-,27-25-,32-29+/t38?,39-/m1/s1. The Kier molecular flexibility index (Phi) is 33.6. The Labute approximate surface area is 308 Å². The summed E-state index contributed by atoms with van der Waals surface area (Å²) in [5.74, 6) is -1.12. The molecule has 0 aliphatic heterocycles. The highest BCUT2D eigenvalue weighted by Gasteiger charge is 2.23. The van der Waals surface area contributed by atoms with Gasteiger partial charge in [0.15, 0.2) is 6.10 Å². The van der Waals surface area contributed by atoms with E-state index in [2.05, 4.69) is 79.1 Å². The van der Waals surface area contributed by atoms with Gasteiger partial charge in [0.05, 0.1) is 12.7 Å². The number of esters is 2. The van der Waals surface area contributed by atoms with Gasteiger partial charge in [0.2, 0.25) is 0 Å². The largest absolute Gasteiger partial charge is 0.469 e. The van der Waals surface area contributed by atoms with Gasteiger partial charge in [-0.15, -0.1) is 0 Å². The molecule has 0 aliphatic carbocycles. The molecule has 0 amide bonds. The molecule has 0 rings (SSSR count). The summed E-state index contributed by atoms with van der Waals surface area (Å²) < 4.78 is 26.2. The summed E-state index contributed by atoms with van der Waals surface area (Å²) in [4.78, 5) is 42.7. The van der Waals surface area contributed by atoms with Crippen LogP contribution in [-0.2, 0) is 28.2 Å². The number of carbonyl (C=O) groups excluding carboxylic acids is 2. The normalized spacial score (nSPS) is 14.1. The maximum absolute atomic E-state index is 12.4. The molecule has 2 atom stereocenters. The topological polar surface area (TPSA) is 140 Å². The van der Waals surface area contributed by atoms with Gasteiger partial charge >= 0.3 is 19.8 Å². The summed E-state index contributed by atoms with van der Waals surface area (Å²) in [5, 5.41) is 10.2. The van der Waals surface area contributed by atoms with E-state index in [1.165, 1.54) is 19.3 Å². The summed E-state index contributed by atoms with van der Waals surface area (Å²) in [6.07, 6.45) is 43.3. The molecule has 3 N–H and O–H groups in total. The Morgan fingerprint density at radius 1 is 0.627 bits per heavy atom. The van der Waals surface area contributed by atoms with Crippen molar-refractivity contribution in [2.75, 3.05) is 13.2 Å². The SMILES string of the molecule is CC/C=C\C/C=C\C/C=C\C/C=C\C=C\C(O)CCCC(=O)O[C@H](COC(=O)CCCCCCC/C=C\C/C=C\CCCCC)COP(=O)(O)O. The molecule has 0 saturated heterocycles. The quantitative estimate of drug-likeness (QED) is 0.0198. The van der Waals surface area contributed by atoms with Crippen molar-refractivity contribution in [3.63, 3.8) is 0 Å². The highest BCUT2D eigenvalue weighted by Crippen LogP contribution is 2.36. The minimum Gasteiger partial charge on any atom is -0.462 e. The number of ether oxygens (including phenoxy) is 2. The molecule has 0 aromatic rings. The van der Waals surface area contributed by atoms with Crippen LogP contribution in [0.5, 0.6) is 0 Å². The Morgan fingerprint density at radius 2 is 1.18 bits per heavy atom. The number of allylic oxidation sites excluding steroid dienone is 13. The van der Waals surface area contributed by atoms with Gasteiger partial charge in [-0.1, -0.05) is 131 Å². The Bertz CT molecular complexity index is 1110. The number of hydrogen-bond acceptors (Lipinski definition) is 7. The van der Waals surface area contributed by atoms with Crippen LogP contribution in [0.2, 0.25) is 0 Å². The molecule has 290 valence electrons. The van der Waals surface area contributed by atoms with E-state index in [1.807, 2.05) is 12.2 Å². The molecule has 9 nitrogen and oxygen atoms in total. The van der Waals surface area contributed by atoms with Crippen LogP contribution < -0.4 is 0 Å². The summed E-state index contributed by atoms with van der Waals surface area (Å²) in [6, 6.07) is 0. The Hall–Kier alpha value is -2.81. The predicted octanol–water partition coefficient (Wildman–Crippen LogP) is 10.3. The molecule has 0 aromatic heterocycles. The van der Waals surface area contributed by atoms with Gasteiger partial charge in [-0.2, -0.15) is 0 Å². The number of aliphatic hydroxyl groups excluding tert-OH is 1. The lowest BCUT2D eigenvalue weighted by Crippen LogP contribution is -2.29. The molecule has 0 saturated carbocycles. The summed E-state index contributed by atoms with van der Waals surface area (Å²) in [7, 11) is -4.81. The minimum absolute atomic E-state index is 0.0266. The van der Waals surface area contributed by atoms with Crippen LogP contribution in [0.25, 0.3) is 0 Å². The fourth-order valence-electron chi connectivity index (χ4n) is 4.66. The Morgan fingerprint density at radius 3 is 1.80 bits per heavy atom. The number of rotatable bonds is 33. The van der Waals surface area contributed by atoms with E-state index in [9.17, 15) is 19.3 Å². The third-order valence-corrected chi connectivity index (χ3v) is 7.99. The minimum atomic E-state index is -4.81. The average Bonchev–Trinajstić information content (AvgIpc) is 3.09. The van der Waals surface area contributed by atoms with E-state index in [0.717, 1.165) is 70.6 Å². The van der Waals surface area contributed by atoms with Crippen molar-refractivity contribution in [3.05, 3.63) is 85.1 Å². The molecule has 0 aromatic carbocycles. The summed E-state index contributed by atoms with van der Waals surface area (Å²) >= 11 is 0. The lowest BCUT2D eigenvalue weighted by atomic mass is 10.1. The van der Waals surface area contributed by atoms with Crippen molar-refractivity contribution in [1.82, 2.24) is 0 Å². The van der Waals surface area contributed by atoms with Crippen molar-refractivity contribution in [1.29, 1.82) is 0 Å². The van der Waals surface area contributed by atoms with E-state index >= 15 is 0 Å². The van der Waals surface area contributed by atoms with E-state index in [-0.39, 0.29) is 19.4 Å². The van der Waals surface area contributed by atoms with Crippen molar-refractivity contribution in [2.45, 2.75) is 148 Å². The zero-order chi connectivity index (χ0) is 37.7. The van der Waals surface area contributed by atoms with Gasteiger partial charge in [0.25, 0.3) is 0 Å². The number of phosphoric ester groups is 1. The van der Waals surface area contributed by atoms with Gasteiger partial charge < -0.3 is 24.4 Å². The average molecular weight is 735 g/mol. The second-order valence-corrected chi connectivity index (χ2v) is 13.6. The number of hydrogen-bond donors (Lipinski definition) is 3. The van der Waals surface area contributed by atoms with Crippen LogP contribution in [0.1, 0.15) is 136 Å². The van der Waals surface area contributed by atoms with Crippen LogP contribution in [0, 0.1) is 0 Å². The van der Waals surface area contributed by atoms with Crippen LogP contribution in [0.3, 0.4) is 0 Å². The second-order valence-electron chi connectivity index (χ2n) is 12.4. The van der Waals surface area contributed by atoms with Gasteiger partial charge in [0.1, 0.15) is 6.61 Å². The highest BCUT2D eigenvalue weighted by atomic mass is 31.2. The van der Waals surface area contributed by atoms with Crippen LogP contribution in [-0.4, -0.2) is 52.3 Å². The number of phosphoric acid groups is 1. The monoisotopic (exact) mass is 734 g/mol. The third-order valence-electron chi connectivity index (χ3n) is 7.50. The molecule has 0 heterocycles. The number of unbranched alkanes of at least 4 members (excludes halogenated alkanes) is 8. The highest BCUT2D eigenvalue weighted by molar-refractivity contribution is 7.46. The van der Waals surface area contributed by atoms with Crippen molar-refractivity contribution < 1.29 is 43.0 Å². The maximum Gasteiger partial charge on any atom is 0.469 e. The van der Waals surface area contributed by atoms with Crippen molar-refractivity contribution in [2.24, 2.45) is 0 Å². The molecule has 0 bridgehead atoms. The fraction of sp³-hybridized carbons (Fsp3) is 0.610. The number of carbonyl (C=O) groups is 2. The van der Waals surface area contributed by atoms with Crippen molar-refractivity contribution >= 4 is 19.8 Å². The lowest BCUT2D eigenvalue weighted by molar-refractivity contribution is -0.161. The molecule has 51 heavy (non-hydrogen) atoms. The molecule has 0 aliphatic rings. The lowest BCUT2D eigenvalue weighted by Gasteiger charge is -2.18.